The number of amides is 2. The lowest BCUT2D eigenvalue weighted by molar-refractivity contribution is -0.129. The second-order valence-corrected chi connectivity index (χ2v) is 10.2. The minimum Gasteiger partial charge on any atom is -0.444 e. The first kappa shape index (κ1) is 23.4. The van der Waals surface area contributed by atoms with Crippen LogP contribution in [0.3, 0.4) is 0 Å². The van der Waals surface area contributed by atoms with Crippen LogP contribution in [0.5, 0.6) is 0 Å². The molecule has 0 bridgehead atoms. The lowest BCUT2D eigenvalue weighted by atomic mass is 10.0. The van der Waals surface area contributed by atoms with Gasteiger partial charge in [-0.2, -0.15) is 12.8 Å². The Balaban J connectivity index is 3.08. The zero-order valence-corrected chi connectivity index (χ0v) is 18.4. The zero-order valence-electron chi connectivity index (χ0n) is 16.0. The van der Waals surface area contributed by atoms with E-state index in [1.807, 2.05) is 13.8 Å². The summed E-state index contributed by atoms with van der Waals surface area (Å²) in [4.78, 5) is 24.6. The van der Waals surface area contributed by atoms with E-state index in [1.165, 1.54) is 18.2 Å². The Labute approximate surface area is 168 Å². The molecule has 0 aliphatic carbocycles. The number of sulfonamides is 1. The third kappa shape index (κ3) is 7.11. The first-order chi connectivity index (χ1) is 12.2. The van der Waals surface area contributed by atoms with Gasteiger partial charge in [0, 0.05) is 4.47 Å². The van der Waals surface area contributed by atoms with Gasteiger partial charge in [-0.25, -0.2) is 10.6 Å². The number of hydrazine groups is 1. The van der Waals surface area contributed by atoms with Crippen LogP contribution in [0.1, 0.15) is 41.0 Å². The van der Waals surface area contributed by atoms with Crippen molar-refractivity contribution in [1.82, 2.24) is 9.73 Å². The summed E-state index contributed by atoms with van der Waals surface area (Å²) in [6, 6.07) is 4.67. The standard InChI is InChI=1S/C17H26BrN3O5S/c1-11(2)9-14(20-16(23)26-17(3,4)5)15(22)21(19)27(24,25)13-8-6-7-12(18)10-13/h6-8,10-11,14H,9,19H2,1-5H3,(H,20,23)/t14-/m0/s1. The molecule has 3 N–H and O–H groups in total. The van der Waals surface area contributed by atoms with Gasteiger partial charge in [0.2, 0.25) is 0 Å². The van der Waals surface area contributed by atoms with Gasteiger partial charge in [0.05, 0.1) is 4.90 Å². The maximum absolute atomic E-state index is 12.7. The average molecular weight is 464 g/mol. The number of carbonyl (C=O) groups is 2. The number of nitrogens with two attached hydrogens (primary N) is 1. The summed E-state index contributed by atoms with van der Waals surface area (Å²) in [5.41, 5.74) is -0.764. The van der Waals surface area contributed by atoms with Crippen molar-refractivity contribution in [2.24, 2.45) is 11.8 Å². The van der Waals surface area contributed by atoms with Crippen LogP contribution in [0.25, 0.3) is 0 Å². The van der Waals surface area contributed by atoms with E-state index in [0.717, 1.165) is 0 Å². The van der Waals surface area contributed by atoms with Crippen LogP contribution in [-0.2, 0) is 19.6 Å². The molecule has 0 spiro atoms. The first-order valence-corrected chi connectivity index (χ1v) is 10.6. The van der Waals surface area contributed by atoms with Crippen LogP contribution >= 0.6 is 15.9 Å². The molecule has 1 atom stereocenters. The van der Waals surface area contributed by atoms with Crippen LogP contribution < -0.4 is 11.2 Å². The van der Waals surface area contributed by atoms with Gasteiger partial charge in [-0.3, -0.25) is 4.79 Å². The fraction of sp³-hybridized carbons (Fsp3) is 0.529. The molecule has 0 aliphatic heterocycles. The largest absolute Gasteiger partial charge is 0.444 e. The molecule has 2 amide bonds. The van der Waals surface area contributed by atoms with Crippen molar-refractivity contribution in [3.05, 3.63) is 28.7 Å². The lowest BCUT2D eigenvalue weighted by Crippen LogP contribution is -2.54. The number of nitrogens with one attached hydrogen (secondary N) is 1. The van der Waals surface area contributed by atoms with Gasteiger partial charge in [-0.1, -0.05) is 35.8 Å². The number of hydrogen-bond donors (Lipinski definition) is 2. The number of halogens is 1. The Morgan fingerprint density at radius 1 is 1.30 bits per heavy atom. The molecule has 8 nitrogen and oxygen atoms in total. The average Bonchev–Trinajstić information content (AvgIpc) is 2.50. The number of rotatable bonds is 6. The SMILES string of the molecule is CC(C)C[C@H](NC(=O)OC(C)(C)C)C(=O)N(N)S(=O)(=O)c1cccc(Br)c1. The highest BCUT2D eigenvalue weighted by Gasteiger charge is 2.34. The molecule has 27 heavy (non-hydrogen) atoms. The molecule has 1 rings (SSSR count). The van der Waals surface area contributed by atoms with Gasteiger partial charge in [-0.05, 0) is 51.3 Å². The minimum atomic E-state index is -4.27. The molecular weight excluding hydrogens is 438 g/mol. The molecule has 0 radical (unpaired) electrons. The molecule has 0 heterocycles. The topological polar surface area (TPSA) is 119 Å². The molecule has 0 saturated carbocycles. The van der Waals surface area contributed by atoms with Crippen LogP contribution in [0.2, 0.25) is 0 Å². The van der Waals surface area contributed by atoms with Crippen molar-refractivity contribution >= 4 is 38.0 Å². The van der Waals surface area contributed by atoms with E-state index in [0.29, 0.717) is 4.47 Å². The second kappa shape index (κ2) is 9.03. The van der Waals surface area contributed by atoms with Crippen molar-refractivity contribution < 1.29 is 22.7 Å². The molecule has 0 aromatic heterocycles. The molecular formula is C17H26BrN3O5S. The van der Waals surface area contributed by atoms with Gasteiger partial charge < -0.3 is 10.1 Å². The summed E-state index contributed by atoms with van der Waals surface area (Å²) >= 11 is 3.18. The Morgan fingerprint density at radius 2 is 1.89 bits per heavy atom. The van der Waals surface area contributed by atoms with E-state index in [-0.39, 0.29) is 21.6 Å². The van der Waals surface area contributed by atoms with Crippen molar-refractivity contribution in [3.63, 3.8) is 0 Å². The number of carbonyl (C=O) groups excluding carboxylic acids is 2. The van der Waals surface area contributed by atoms with E-state index < -0.39 is 33.7 Å². The third-order valence-corrected chi connectivity index (χ3v) is 5.31. The first-order valence-electron chi connectivity index (χ1n) is 8.33. The summed E-state index contributed by atoms with van der Waals surface area (Å²) in [6.07, 6.45) is -0.630. The van der Waals surface area contributed by atoms with E-state index >= 15 is 0 Å². The van der Waals surface area contributed by atoms with Crippen molar-refractivity contribution in [2.45, 2.75) is 57.6 Å². The van der Waals surface area contributed by atoms with E-state index in [1.54, 1.807) is 26.8 Å². The zero-order chi connectivity index (χ0) is 21.0. The normalized spacial score (nSPS) is 13.2. The molecule has 1 aromatic rings. The van der Waals surface area contributed by atoms with E-state index in [2.05, 4.69) is 21.2 Å². The van der Waals surface area contributed by atoms with Crippen molar-refractivity contribution in [1.29, 1.82) is 0 Å². The van der Waals surface area contributed by atoms with Crippen LogP contribution in [0.4, 0.5) is 4.79 Å². The summed E-state index contributed by atoms with van der Waals surface area (Å²) in [5.74, 6) is 4.69. The molecule has 152 valence electrons. The summed E-state index contributed by atoms with van der Waals surface area (Å²) < 4.78 is 31.1. The lowest BCUT2D eigenvalue weighted by Gasteiger charge is -2.26. The monoisotopic (exact) mass is 463 g/mol. The van der Waals surface area contributed by atoms with Crippen LogP contribution in [0, 0.1) is 5.92 Å². The summed E-state index contributed by atoms with van der Waals surface area (Å²) in [7, 11) is -4.27. The highest BCUT2D eigenvalue weighted by molar-refractivity contribution is 9.10. The van der Waals surface area contributed by atoms with Gasteiger partial charge in [0.25, 0.3) is 15.9 Å². The third-order valence-electron chi connectivity index (χ3n) is 3.27. The highest BCUT2D eigenvalue weighted by Crippen LogP contribution is 2.20. The van der Waals surface area contributed by atoms with Gasteiger partial charge >= 0.3 is 6.09 Å². The smallest absolute Gasteiger partial charge is 0.408 e. The predicted octanol–water partition coefficient (Wildman–Crippen LogP) is 2.78. The Bertz CT molecular complexity index is 790. The highest BCUT2D eigenvalue weighted by atomic mass is 79.9. The second-order valence-electron chi connectivity index (χ2n) is 7.42. The number of hydrogen-bond acceptors (Lipinski definition) is 6. The molecule has 1 aromatic carbocycles. The number of benzene rings is 1. The molecule has 10 heteroatoms. The van der Waals surface area contributed by atoms with Gasteiger partial charge in [-0.15, -0.1) is 0 Å². The fourth-order valence-electron chi connectivity index (χ4n) is 2.16. The maximum atomic E-state index is 12.7. The fourth-order valence-corrected chi connectivity index (χ4v) is 3.82. The number of ether oxygens (including phenoxy) is 1. The summed E-state index contributed by atoms with van der Waals surface area (Å²) in [5, 5.41) is 2.41. The van der Waals surface area contributed by atoms with Gasteiger partial charge in [0.15, 0.2) is 0 Å². The van der Waals surface area contributed by atoms with Crippen molar-refractivity contribution in [2.75, 3.05) is 0 Å². The van der Waals surface area contributed by atoms with Gasteiger partial charge in [0.1, 0.15) is 11.6 Å². The molecule has 0 aliphatic rings. The maximum Gasteiger partial charge on any atom is 0.408 e. The molecule has 0 fully saturated rings. The quantitative estimate of drug-likeness (QED) is 0.380. The van der Waals surface area contributed by atoms with Crippen LogP contribution in [0.15, 0.2) is 33.6 Å². The Hall–Kier alpha value is -1.65. The van der Waals surface area contributed by atoms with E-state index in [4.69, 9.17) is 10.6 Å². The Kier molecular flexibility index (Phi) is 7.82. The summed E-state index contributed by atoms with van der Waals surface area (Å²) in [6.45, 7) is 8.71. The molecule has 0 saturated heterocycles. The van der Waals surface area contributed by atoms with Crippen LogP contribution in [-0.4, -0.2) is 36.5 Å². The number of alkyl carbamates (subject to hydrolysis) is 1. The molecule has 0 unspecified atom stereocenters. The van der Waals surface area contributed by atoms with E-state index in [9.17, 15) is 18.0 Å². The number of nitrogens with zero attached hydrogens (tertiary/aromatic N) is 1. The van der Waals surface area contributed by atoms with Crippen molar-refractivity contribution in [3.8, 4) is 0 Å². The minimum absolute atomic E-state index is 0.00383. The predicted molar refractivity (Wildman–Crippen MR) is 105 cm³/mol. The Morgan fingerprint density at radius 3 is 2.37 bits per heavy atom.